The normalized spacial score (nSPS) is 16.5. The van der Waals surface area contributed by atoms with Crippen molar-refractivity contribution in [2.24, 2.45) is 10.8 Å². The Labute approximate surface area is 139 Å². The maximum absolute atomic E-state index is 11.4. The topological polar surface area (TPSA) is 79.9 Å². The standard InChI is InChI=1S/C14H18Cl2N4O2/c1-18-19-14(13(17)21)20-6-4-10(5-7-20)22-12-8-9(15)2-3-11(12)16/h2-3,8,10,18H,4-7H2,1H3,(H2,17,21)/b19-14+. The van der Waals surface area contributed by atoms with E-state index in [2.05, 4.69) is 10.5 Å². The summed E-state index contributed by atoms with van der Waals surface area (Å²) in [6, 6.07) is 5.12. The van der Waals surface area contributed by atoms with E-state index in [0.29, 0.717) is 28.9 Å². The molecule has 0 radical (unpaired) electrons. The fourth-order valence-electron chi connectivity index (χ4n) is 2.32. The first-order valence-corrected chi connectivity index (χ1v) is 7.67. The lowest BCUT2D eigenvalue weighted by Gasteiger charge is -2.33. The number of ether oxygens (including phenoxy) is 1. The summed E-state index contributed by atoms with van der Waals surface area (Å²) in [5.74, 6) is 0.264. The Bertz CT molecular complexity index is 572. The Hall–Kier alpha value is -1.66. The number of primary amides is 1. The molecule has 0 atom stereocenters. The number of amides is 1. The highest BCUT2D eigenvalue weighted by atomic mass is 35.5. The number of hydrogen-bond donors (Lipinski definition) is 2. The summed E-state index contributed by atoms with van der Waals surface area (Å²) in [5, 5.41) is 5.03. The van der Waals surface area contributed by atoms with Crippen LogP contribution < -0.4 is 15.9 Å². The van der Waals surface area contributed by atoms with Crippen LogP contribution in [0.25, 0.3) is 0 Å². The third-order valence-electron chi connectivity index (χ3n) is 3.37. The second-order valence-corrected chi connectivity index (χ2v) is 5.75. The zero-order valence-corrected chi connectivity index (χ0v) is 13.7. The molecular formula is C14H18Cl2N4O2. The molecule has 1 fully saturated rings. The van der Waals surface area contributed by atoms with Gasteiger partial charge in [-0.15, -0.1) is 0 Å². The van der Waals surface area contributed by atoms with E-state index in [0.717, 1.165) is 12.8 Å². The maximum Gasteiger partial charge on any atom is 0.286 e. The average molecular weight is 345 g/mol. The van der Waals surface area contributed by atoms with Gasteiger partial charge < -0.3 is 20.8 Å². The molecule has 6 nitrogen and oxygen atoms in total. The first kappa shape index (κ1) is 16.7. The lowest BCUT2D eigenvalue weighted by Crippen LogP contribution is -2.47. The molecular weight excluding hydrogens is 327 g/mol. The van der Waals surface area contributed by atoms with Crippen LogP contribution >= 0.6 is 23.2 Å². The Balaban J connectivity index is 1.96. The summed E-state index contributed by atoms with van der Waals surface area (Å²) in [6.45, 7) is 1.26. The minimum absolute atomic E-state index is 0.0101. The van der Waals surface area contributed by atoms with E-state index < -0.39 is 5.91 Å². The van der Waals surface area contributed by atoms with Crippen molar-refractivity contribution in [1.82, 2.24) is 10.3 Å². The van der Waals surface area contributed by atoms with Crippen molar-refractivity contribution in [3.05, 3.63) is 28.2 Å². The quantitative estimate of drug-likeness (QED) is 0.498. The monoisotopic (exact) mass is 344 g/mol. The third-order valence-corrected chi connectivity index (χ3v) is 3.91. The zero-order chi connectivity index (χ0) is 16.1. The van der Waals surface area contributed by atoms with Crippen LogP contribution in [0, 0.1) is 0 Å². The molecule has 0 saturated carbocycles. The molecule has 1 saturated heterocycles. The highest BCUT2D eigenvalue weighted by Crippen LogP contribution is 2.30. The van der Waals surface area contributed by atoms with Gasteiger partial charge in [-0.1, -0.05) is 23.2 Å². The molecule has 0 bridgehead atoms. The number of piperidine rings is 1. The number of halogens is 2. The molecule has 1 heterocycles. The molecule has 1 aliphatic heterocycles. The minimum Gasteiger partial charge on any atom is -0.489 e. The highest BCUT2D eigenvalue weighted by molar-refractivity contribution is 6.37. The Morgan fingerprint density at radius 2 is 2.09 bits per heavy atom. The Morgan fingerprint density at radius 1 is 1.41 bits per heavy atom. The number of nitrogens with one attached hydrogen (secondary N) is 1. The number of carbonyl (C=O) groups excluding carboxylic acids is 1. The molecule has 0 spiro atoms. The van der Waals surface area contributed by atoms with Crippen molar-refractivity contribution in [3.8, 4) is 5.75 Å². The van der Waals surface area contributed by atoms with Crippen molar-refractivity contribution in [2.75, 3.05) is 20.1 Å². The van der Waals surface area contributed by atoms with Crippen molar-refractivity contribution in [1.29, 1.82) is 0 Å². The van der Waals surface area contributed by atoms with Crippen molar-refractivity contribution >= 4 is 34.9 Å². The summed E-state index contributed by atoms with van der Waals surface area (Å²) in [5.41, 5.74) is 7.93. The predicted octanol–water partition coefficient (Wildman–Crippen LogP) is 1.85. The number of amidine groups is 1. The van der Waals surface area contributed by atoms with Crippen LogP contribution in [-0.2, 0) is 4.79 Å². The first-order valence-electron chi connectivity index (χ1n) is 6.92. The average Bonchev–Trinajstić information content (AvgIpc) is 2.49. The molecule has 3 N–H and O–H groups in total. The fourth-order valence-corrected chi connectivity index (χ4v) is 2.64. The van der Waals surface area contributed by atoms with Crippen LogP contribution in [-0.4, -0.2) is 42.9 Å². The number of hydrogen-bond acceptors (Lipinski definition) is 4. The smallest absolute Gasteiger partial charge is 0.286 e. The summed E-state index contributed by atoms with van der Waals surface area (Å²) in [6.07, 6.45) is 1.48. The molecule has 0 unspecified atom stereocenters. The van der Waals surface area contributed by atoms with E-state index in [1.54, 1.807) is 25.2 Å². The zero-order valence-electron chi connectivity index (χ0n) is 12.2. The van der Waals surface area contributed by atoms with Crippen molar-refractivity contribution < 1.29 is 9.53 Å². The lowest BCUT2D eigenvalue weighted by molar-refractivity contribution is -0.112. The maximum atomic E-state index is 11.4. The Morgan fingerprint density at radius 3 is 2.68 bits per heavy atom. The Kier molecular flexibility index (Phi) is 5.74. The number of nitrogens with two attached hydrogens (primary N) is 1. The van der Waals surface area contributed by atoms with E-state index in [1.165, 1.54) is 0 Å². The highest BCUT2D eigenvalue weighted by Gasteiger charge is 2.25. The van der Waals surface area contributed by atoms with Gasteiger partial charge in [0.2, 0.25) is 5.84 Å². The van der Waals surface area contributed by atoms with Gasteiger partial charge in [-0.3, -0.25) is 4.79 Å². The van der Waals surface area contributed by atoms with Crippen LogP contribution in [0.5, 0.6) is 5.75 Å². The van der Waals surface area contributed by atoms with Gasteiger partial charge in [0, 0.05) is 44.1 Å². The van der Waals surface area contributed by atoms with E-state index in [4.69, 9.17) is 33.7 Å². The van der Waals surface area contributed by atoms with Crippen LogP contribution in [0.4, 0.5) is 0 Å². The molecule has 1 aliphatic rings. The number of nitrogens with zero attached hydrogens (tertiary/aromatic N) is 2. The van der Waals surface area contributed by atoms with Gasteiger partial charge in [-0.2, -0.15) is 5.10 Å². The van der Waals surface area contributed by atoms with Gasteiger partial charge in [0.05, 0.1) is 5.02 Å². The summed E-state index contributed by atoms with van der Waals surface area (Å²) in [7, 11) is 1.62. The molecule has 8 heteroatoms. The van der Waals surface area contributed by atoms with Crippen molar-refractivity contribution in [2.45, 2.75) is 18.9 Å². The number of hydrazone groups is 1. The fraction of sp³-hybridized carbons (Fsp3) is 0.429. The van der Waals surface area contributed by atoms with Gasteiger partial charge >= 0.3 is 0 Å². The van der Waals surface area contributed by atoms with E-state index in [1.807, 2.05) is 4.90 Å². The van der Waals surface area contributed by atoms with Crippen molar-refractivity contribution in [3.63, 3.8) is 0 Å². The van der Waals surface area contributed by atoms with Crippen LogP contribution in [0.3, 0.4) is 0 Å². The van der Waals surface area contributed by atoms with Crippen LogP contribution in [0.2, 0.25) is 10.0 Å². The molecule has 0 aliphatic carbocycles. The number of carbonyl (C=O) groups is 1. The number of rotatable bonds is 3. The molecule has 1 amide bonds. The van der Waals surface area contributed by atoms with Crippen LogP contribution in [0.1, 0.15) is 12.8 Å². The molecule has 0 aromatic heterocycles. The molecule has 2 rings (SSSR count). The largest absolute Gasteiger partial charge is 0.489 e. The summed E-state index contributed by atoms with van der Waals surface area (Å²) < 4.78 is 5.90. The van der Waals surface area contributed by atoms with E-state index >= 15 is 0 Å². The number of benzene rings is 1. The first-order chi connectivity index (χ1) is 10.5. The lowest BCUT2D eigenvalue weighted by atomic mass is 10.1. The molecule has 120 valence electrons. The second kappa shape index (κ2) is 7.56. The second-order valence-electron chi connectivity index (χ2n) is 4.90. The summed E-state index contributed by atoms with van der Waals surface area (Å²) in [4.78, 5) is 13.2. The van der Waals surface area contributed by atoms with Gasteiger partial charge in [0.15, 0.2) is 0 Å². The van der Waals surface area contributed by atoms with Gasteiger partial charge in [-0.25, -0.2) is 0 Å². The molecule has 22 heavy (non-hydrogen) atoms. The SMILES string of the molecule is CN/N=C(\C(N)=O)N1CCC(Oc2cc(Cl)ccc2Cl)CC1. The third kappa shape index (κ3) is 4.18. The van der Waals surface area contributed by atoms with Gasteiger partial charge in [0.1, 0.15) is 11.9 Å². The van der Waals surface area contributed by atoms with Crippen LogP contribution in [0.15, 0.2) is 23.3 Å². The van der Waals surface area contributed by atoms with Gasteiger partial charge in [0.25, 0.3) is 5.91 Å². The minimum atomic E-state index is -0.549. The molecule has 1 aromatic carbocycles. The van der Waals surface area contributed by atoms with Gasteiger partial charge in [-0.05, 0) is 12.1 Å². The van der Waals surface area contributed by atoms with E-state index in [-0.39, 0.29) is 11.9 Å². The predicted molar refractivity (Wildman–Crippen MR) is 87.4 cm³/mol. The van der Waals surface area contributed by atoms with E-state index in [9.17, 15) is 4.79 Å². The summed E-state index contributed by atoms with van der Waals surface area (Å²) >= 11 is 12.0. The molecule has 1 aromatic rings. The number of likely N-dealkylation sites (tertiary alicyclic amines) is 1.